The Hall–Kier alpha value is -1.86. The van der Waals surface area contributed by atoms with E-state index in [1.807, 2.05) is 60.7 Å². The summed E-state index contributed by atoms with van der Waals surface area (Å²) in [6, 6.07) is 23.8. The molecular weight excluding hydrogens is 668 g/mol. The summed E-state index contributed by atoms with van der Waals surface area (Å²) in [6.07, 6.45) is -0.715. The predicted octanol–water partition coefficient (Wildman–Crippen LogP) is 5.69. The maximum Gasteiger partial charge on any atom is 0.105 e. The molecular formula is C32H44Br2N2O6. The number of nitrogens with one attached hydrogen (secondary N) is 1. The van der Waals surface area contributed by atoms with E-state index in [1.165, 1.54) is 5.69 Å². The summed E-state index contributed by atoms with van der Waals surface area (Å²) >= 11 is 6.72. The Morgan fingerprint density at radius 3 is 1.57 bits per heavy atom. The highest BCUT2D eigenvalue weighted by atomic mass is 79.9. The van der Waals surface area contributed by atoms with E-state index in [-0.39, 0.29) is 18.8 Å². The first-order chi connectivity index (χ1) is 20.4. The molecule has 3 atom stereocenters. The number of halogens is 2. The van der Waals surface area contributed by atoms with Gasteiger partial charge in [-0.15, -0.1) is 0 Å². The predicted molar refractivity (Wildman–Crippen MR) is 175 cm³/mol. The van der Waals surface area contributed by atoms with Crippen molar-refractivity contribution < 1.29 is 29.2 Å². The maximum atomic E-state index is 9.77. The van der Waals surface area contributed by atoms with Crippen molar-refractivity contribution in [2.45, 2.75) is 18.3 Å². The zero-order valence-corrected chi connectivity index (χ0v) is 28.0. The van der Waals surface area contributed by atoms with Crippen molar-refractivity contribution in [3.63, 3.8) is 0 Å². The molecule has 1 saturated heterocycles. The molecule has 3 N–H and O–H groups in total. The molecule has 1 fully saturated rings. The zero-order valence-electron chi connectivity index (χ0n) is 24.8. The number of anilines is 1. The molecule has 0 aromatic heterocycles. The van der Waals surface area contributed by atoms with E-state index in [0.717, 1.165) is 51.8 Å². The second kappa shape index (κ2) is 20.9. The van der Waals surface area contributed by atoms with Crippen LogP contribution in [0, 0.1) is 0 Å². The minimum atomic E-state index is -0.530. The van der Waals surface area contributed by atoms with Crippen molar-refractivity contribution in [1.82, 2.24) is 5.32 Å². The van der Waals surface area contributed by atoms with Gasteiger partial charge in [-0.05, 0) is 53.1 Å². The number of hydrogen-bond acceptors (Lipinski definition) is 8. The summed E-state index contributed by atoms with van der Waals surface area (Å²) in [5.74, 6) is 0. The summed E-state index contributed by atoms with van der Waals surface area (Å²) in [6.45, 7) is 5.09. The average Bonchev–Trinajstić information content (AvgIpc) is 3.03. The molecule has 10 heteroatoms. The van der Waals surface area contributed by atoms with Crippen LogP contribution in [-0.4, -0.2) is 84.7 Å². The lowest BCUT2D eigenvalue weighted by molar-refractivity contribution is 0.0275. The number of methoxy groups -OCH3 is 4. The molecule has 1 aliphatic rings. The van der Waals surface area contributed by atoms with Gasteiger partial charge in [-0.25, -0.2) is 0 Å². The fourth-order valence-corrected chi connectivity index (χ4v) is 4.74. The quantitative estimate of drug-likeness (QED) is 0.234. The monoisotopic (exact) mass is 710 g/mol. The van der Waals surface area contributed by atoms with Gasteiger partial charge in [0, 0.05) is 69.3 Å². The summed E-state index contributed by atoms with van der Waals surface area (Å²) in [7, 11) is 6.54. The lowest BCUT2D eigenvalue weighted by atomic mass is 10.1. The number of ether oxygens (including phenoxy) is 4. The van der Waals surface area contributed by atoms with Crippen LogP contribution in [-0.2, 0) is 18.9 Å². The smallest absolute Gasteiger partial charge is 0.105 e. The third kappa shape index (κ3) is 12.8. The second-order valence-corrected chi connectivity index (χ2v) is 11.3. The van der Waals surface area contributed by atoms with Gasteiger partial charge in [0.1, 0.15) is 18.3 Å². The molecule has 0 spiro atoms. The molecule has 3 aromatic carbocycles. The van der Waals surface area contributed by atoms with Crippen LogP contribution in [0.5, 0.6) is 0 Å². The standard InChI is InChI=1S/C13H20N2O2.C10H13BrO2.C9H11BrO2/c1-17-10-13(16)11-2-4-12(5-3-11)15-8-6-14-7-9-15;1-12-7-10(13-2)8-3-5-9(11)6-4-8;1-12-9(6-11)7-2-4-8(10)5-3-7/h2-5,13-14,16H,6-10H2,1H3;3-6,10H,7H2,1-2H3;2-5,9,11H,6H2,1H3. The zero-order chi connectivity index (χ0) is 30.7. The fraction of sp³-hybridized carbons (Fsp3) is 0.438. The molecule has 0 saturated carbocycles. The number of aliphatic hydroxyl groups is 2. The van der Waals surface area contributed by atoms with Crippen molar-refractivity contribution in [2.75, 3.05) is 79.3 Å². The molecule has 4 rings (SSSR count). The van der Waals surface area contributed by atoms with Gasteiger partial charge in [0.25, 0.3) is 0 Å². The van der Waals surface area contributed by atoms with Gasteiger partial charge >= 0.3 is 0 Å². The van der Waals surface area contributed by atoms with E-state index in [9.17, 15) is 5.11 Å². The third-order valence-corrected chi connectivity index (χ3v) is 7.68. The van der Waals surface area contributed by atoms with Crippen LogP contribution >= 0.6 is 31.9 Å². The van der Waals surface area contributed by atoms with E-state index >= 15 is 0 Å². The number of hydrogen-bond donors (Lipinski definition) is 3. The van der Waals surface area contributed by atoms with Gasteiger partial charge in [0.05, 0.1) is 19.8 Å². The molecule has 232 valence electrons. The normalized spacial score (nSPS) is 15.0. The molecule has 0 aliphatic carbocycles. The van der Waals surface area contributed by atoms with E-state index in [2.05, 4.69) is 54.2 Å². The van der Waals surface area contributed by atoms with Crippen LogP contribution < -0.4 is 10.2 Å². The van der Waals surface area contributed by atoms with Crippen molar-refractivity contribution in [3.05, 3.63) is 98.4 Å². The first-order valence-corrected chi connectivity index (χ1v) is 15.3. The topological polar surface area (TPSA) is 92.7 Å². The molecule has 0 amide bonds. The fourth-order valence-electron chi connectivity index (χ4n) is 4.21. The summed E-state index contributed by atoms with van der Waals surface area (Å²) in [5, 5.41) is 22.0. The van der Waals surface area contributed by atoms with Gasteiger partial charge in [0.2, 0.25) is 0 Å². The van der Waals surface area contributed by atoms with Crippen LogP contribution in [0.3, 0.4) is 0 Å². The van der Waals surface area contributed by atoms with Gasteiger partial charge in [-0.2, -0.15) is 0 Å². The first kappa shape index (κ1) is 36.3. The molecule has 8 nitrogen and oxygen atoms in total. The van der Waals surface area contributed by atoms with Crippen molar-refractivity contribution >= 4 is 37.5 Å². The molecule has 0 radical (unpaired) electrons. The summed E-state index contributed by atoms with van der Waals surface area (Å²) in [4.78, 5) is 2.35. The van der Waals surface area contributed by atoms with E-state index in [4.69, 9.17) is 24.1 Å². The molecule has 3 unspecified atom stereocenters. The van der Waals surface area contributed by atoms with Crippen LogP contribution in [0.4, 0.5) is 5.69 Å². The Balaban J connectivity index is 0.000000225. The number of piperazine rings is 1. The SMILES string of the molecule is COC(CO)c1ccc(Br)cc1.COCC(O)c1ccc(N2CCNCC2)cc1.COCC(OC)c1ccc(Br)cc1. The van der Waals surface area contributed by atoms with Gasteiger partial charge in [-0.1, -0.05) is 68.3 Å². The third-order valence-electron chi connectivity index (χ3n) is 6.62. The minimum absolute atomic E-state index is 0.0120. The van der Waals surface area contributed by atoms with Crippen LogP contribution in [0.25, 0.3) is 0 Å². The minimum Gasteiger partial charge on any atom is -0.393 e. The van der Waals surface area contributed by atoms with Gasteiger partial charge in [0.15, 0.2) is 0 Å². The first-order valence-electron chi connectivity index (χ1n) is 13.8. The summed E-state index contributed by atoms with van der Waals surface area (Å²) in [5.41, 5.74) is 4.25. The number of aliphatic hydroxyl groups excluding tert-OH is 2. The summed E-state index contributed by atoms with van der Waals surface area (Å²) < 4.78 is 22.4. The lowest BCUT2D eigenvalue weighted by Crippen LogP contribution is -2.43. The van der Waals surface area contributed by atoms with Gasteiger partial charge < -0.3 is 39.4 Å². The van der Waals surface area contributed by atoms with Gasteiger partial charge in [-0.3, -0.25) is 0 Å². The Morgan fingerprint density at radius 2 is 1.14 bits per heavy atom. The highest BCUT2D eigenvalue weighted by Crippen LogP contribution is 2.21. The van der Waals surface area contributed by atoms with Crippen molar-refractivity contribution in [2.24, 2.45) is 0 Å². The van der Waals surface area contributed by atoms with Crippen LogP contribution in [0.15, 0.2) is 81.7 Å². The number of nitrogens with zero attached hydrogens (tertiary/aromatic N) is 1. The molecule has 42 heavy (non-hydrogen) atoms. The molecule has 1 aliphatic heterocycles. The Morgan fingerprint density at radius 1 is 0.690 bits per heavy atom. The van der Waals surface area contributed by atoms with E-state index in [1.54, 1.807) is 28.4 Å². The van der Waals surface area contributed by atoms with Crippen molar-refractivity contribution in [1.29, 1.82) is 0 Å². The maximum absolute atomic E-state index is 9.77. The largest absolute Gasteiger partial charge is 0.393 e. The Bertz CT molecular complexity index is 1090. The van der Waals surface area contributed by atoms with Crippen LogP contribution in [0.1, 0.15) is 35.0 Å². The molecule has 1 heterocycles. The van der Waals surface area contributed by atoms with Crippen LogP contribution in [0.2, 0.25) is 0 Å². The number of benzene rings is 3. The van der Waals surface area contributed by atoms with E-state index in [0.29, 0.717) is 13.2 Å². The average molecular weight is 713 g/mol. The Kier molecular flexibility index (Phi) is 18.1. The number of rotatable bonds is 11. The highest BCUT2D eigenvalue weighted by molar-refractivity contribution is 9.10. The Labute approximate surface area is 267 Å². The highest BCUT2D eigenvalue weighted by Gasteiger charge is 2.12. The van der Waals surface area contributed by atoms with Crippen molar-refractivity contribution in [3.8, 4) is 0 Å². The molecule has 0 bridgehead atoms. The lowest BCUT2D eigenvalue weighted by Gasteiger charge is -2.29. The molecule has 3 aromatic rings. The van der Waals surface area contributed by atoms with E-state index < -0.39 is 6.10 Å². The second-order valence-electron chi connectivity index (χ2n) is 9.49.